The van der Waals surface area contributed by atoms with Crippen LogP contribution in [0.15, 0.2) is 4.52 Å². The first-order chi connectivity index (χ1) is 7.98. The summed E-state index contributed by atoms with van der Waals surface area (Å²) in [6.45, 7) is 7.01. The minimum Gasteiger partial charge on any atom is -0.364 e. The summed E-state index contributed by atoms with van der Waals surface area (Å²) in [4.78, 5) is 4.40. The van der Waals surface area contributed by atoms with Gasteiger partial charge in [-0.2, -0.15) is 4.98 Å². The highest BCUT2D eigenvalue weighted by molar-refractivity contribution is 4.95. The fraction of sp³-hybridized carbons (Fsp3) is 0.833. The molecular weight excluding hydrogens is 218 g/mol. The molecule has 0 aliphatic carbocycles. The van der Waals surface area contributed by atoms with Crippen LogP contribution < -0.4 is 5.73 Å². The van der Waals surface area contributed by atoms with Gasteiger partial charge in [0.15, 0.2) is 5.82 Å². The number of rotatable bonds is 3. The highest BCUT2D eigenvalue weighted by Crippen LogP contribution is 2.31. The molecule has 0 bridgehead atoms. The van der Waals surface area contributed by atoms with Gasteiger partial charge < -0.3 is 15.0 Å². The number of hydrogen-bond acceptors (Lipinski definition) is 5. The smallest absolute Gasteiger partial charge is 0.255 e. The van der Waals surface area contributed by atoms with Crippen molar-refractivity contribution in [2.75, 3.05) is 6.54 Å². The lowest BCUT2D eigenvalue weighted by atomic mass is 9.92. The fourth-order valence-electron chi connectivity index (χ4n) is 2.01. The van der Waals surface area contributed by atoms with Crippen LogP contribution in [0.1, 0.15) is 51.4 Å². The van der Waals surface area contributed by atoms with E-state index >= 15 is 0 Å². The van der Waals surface area contributed by atoms with E-state index in [1.807, 2.05) is 0 Å². The molecule has 1 aliphatic rings. The molecule has 2 N–H and O–H groups in total. The molecule has 17 heavy (non-hydrogen) atoms. The lowest BCUT2D eigenvalue weighted by Gasteiger charge is -2.14. The van der Waals surface area contributed by atoms with Gasteiger partial charge in [-0.25, -0.2) is 0 Å². The van der Waals surface area contributed by atoms with E-state index in [-0.39, 0.29) is 17.6 Å². The molecule has 1 aromatic heterocycles. The summed E-state index contributed by atoms with van der Waals surface area (Å²) in [6.07, 6.45) is 2.77. The van der Waals surface area contributed by atoms with Crippen molar-refractivity contribution in [1.29, 1.82) is 0 Å². The van der Waals surface area contributed by atoms with Crippen LogP contribution in [0.4, 0.5) is 0 Å². The van der Waals surface area contributed by atoms with E-state index < -0.39 is 0 Å². The Morgan fingerprint density at radius 2 is 2.12 bits per heavy atom. The van der Waals surface area contributed by atoms with Crippen molar-refractivity contribution in [2.45, 2.75) is 52.2 Å². The van der Waals surface area contributed by atoms with Gasteiger partial charge in [-0.3, -0.25) is 0 Å². The van der Waals surface area contributed by atoms with Crippen molar-refractivity contribution in [2.24, 2.45) is 11.1 Å². The van der Waals surface area contributed by atoms with Crippen LogP contribution in [0.2, 0.25) is 0 Å². The molecule has 96 valence electrons. The summed E-state index contributed by atoms with van der Waals surface area (Å²) >= 11 is 0. The zero-order valence-electron chi connectivity index (χ0n) is 10.8. The second kappa shape index (κ2) is 4.74. The summed E-state index contributed by atoms with van der Waals surface area (Å²) in [5.74, 6) is 1.35. The largest absolute Gasteiger partial charge is 0.364 e. The number of hydrogen-bond donors (Lipinski definition) is 1. The predicted molar refractivity (Wildman–Crippen MR) is 63.4 cm³/mol. The standard InChI is InChI=1S/C12H21N3O2/c1-12(2,3)6-10-14-11(17-15-10)9-5-4-8(7-13)16-9/h8-9H,4-7,13H2,1-3H3. The van der Waals surface area contributed by atoms with E-state index in [2.05, 4.69) is 30.9 Å². The molecule has 0 saturated carbocycles. The summed E-state index contributed by atoms with van der Waals surface area (Å²) in [7, 11) is 0. The molecule has 0 radical (unpaired) electrons. The highest BCUT2D eigenvalue weighted by atomic mass is 16.5. The van der Waals surface area contributed by atoms with Gasteiger partial charge in [-0.15, -0.1) is 0 Å². The van der Waals surface area contributed by atoms with E-state index in [0.29, 0.717) is 12.4 Å². The molecule has 1 aromatic rings. The average Bonchev–Trinajstić information content (AvgIpc) is 2.82. The number of nitrogens with two attached hydrogens (primary N) is 1. The molecule has 2 rings (SSSR count). The third-order valence-electron chi connectivity index (χ3n) is 2.82. The Morgan fingerprint density at radius 1 is 1.35 bits per heavy atom. The maximum Gasteiger partial charge on any atom is 0.255 e. The van der Waals surface area contributed by atoms with Crippen molar-refractivity contribution in [1.82, 2.24) is 10.1 Å². The van der Waals surface area contributed by atoms with E-state index in [1.165, 1.54) is 0 Å². The van der Waals surface area contributed by atoms with Crippen LogP contribution in [0.3, 0.4) is 0 Å². The number of ether oxygens (including phenoxy) is 1. The molecule has 1 aliphatic heterocycles. The topological polar surface area (TPSA) is 74.2 Å². The molecule has 5 nitrogen and oxygen atoms in total. The minimum absolute atomic E-state index is 0.0650. The summed E-state index contributed by atoms with van der Waals surface area (Å²) in [5, 5.41) is 4.00. The Hall–Kier alpha value is -0.940. The van der Waals surface area contributed by atoms with E-state index in [1.54, 1.807) is 0 Å². The molecule has 0 aromatic carbocycles. The molecule has 2 atom stereocenters. The zero-order valence-corrected chi connectivity index (χ0v) is 10.8. The molecule has 2 heterocycles. The third-order valence-corrected chi connectivity index (χ3v) is 2.82. The number of nitrogens with zero attached hydrogens (tertiary/aromatic N) is 2. The molecule has 0 spiro atoms. The van der Waals surface area contributed by atoms with Crippen LogP contribution in [-0.2, 0) is 11.2 Å². The maximum absolute atomic E-state index is 5.72. The average molecular weight is 239 g/mol. The zero-order chi connectivity index (χ0) is 12.5. The molecular formula is C12H21N3O2. The van der Waals surface area contributed by atoms with Crippen molar-refractivity contribution in [3.8, 4) is 0 Å². The molecule has 1 fully saturated rings. The first-order valence-corrected chi connectivity index (χ1v) is 6.16. The van der Waals surface area contributed by atoms with Gasteiger partial charge in [-0.1, -0.05) is 25.9 Å². The van der Waals surface area contributed by atoms with Gasteiger partial charge >= 0.3 is 0 Å². The SMILES string of the molecule is CC(C)(C)Cc1noc(C2CCC(CN)O2)n1. The minimum atomic E-state index is -0.0650. The number of aromatic nitrogens is 2. The van der Waals surface area contributed by atoms with Crippen LogP contribution in [0, 0.1) is 5.41 Å². The van der Waals surface area contributed by atoms with Crippen molar-refractivity contribution in [3.63, 3.8) is 0 Å². The Bertz CT molecular complexity index is 370. The Morgan fingerprint density at radius 3 is 2.71 bits per heavy atom. The van der Waals surface area contributed by atoms with Gasteiger partial charge in [0.1, 0.15) is 6.10 Å². The predicted octanol–water partition coefficient (Wildman–Crippen LogP) is 1.84. The monoisotopic (exact) mass is 239 g/mol. The maximum atomic E-state index is 5.72. The van der Waals surface area contributed by atoms with E-state index in [4.69, 9.17) is 15.0 Å². The van der Waals surface area contributed by atoms with Crippen molar-refractivity contribution in [3.05, 3.63) is 11.7 Å². The van der Waals surface area contributed by atoms with Crippen LogP contribution >= 0.6 is 0 Å². The Labute approximate surface area is 102 Å². The fourth-order valence-corrected chi connectivity index (χ4v) is 2.01. The lowest BCUT2D eigenvalue weighted by molar-refractivity contribution is 0.0307. The second-order valence-electron chi connectivity index (χ2n) is 5.85. The third kappa shape index (κ3) is 3.26. The van der Waals surface area contributed by atoms with Gasteiger partial charge in [0.25, 0.3) is 5.89 Å². The van der Waals surface area contributed by atoms with E-state index in [0.717, 1.165) is 25.1 Å². The molecule has 2 unspecified atom stereocenters. The van der Waals surface area contributed by atoms with Crippen LogP contribution in [0.5, 0.6) is 0 Å². The molecule has 0 amide bonds. The van der Waals surface area contributed by atoms with Gasteiger partial charge in [-0.05, 0) is 18.3 Å². The second-order valence-corrected chi connectivity index (χ2v) is 5.85. The van der Waals surface area contributed by atoms with Crippen molar-refractivity contribution < 1.29 is 9.26 Å². The highest BCUT2D eigenvalue weighted by Gasteiger charge is 2.30. The van der Waals surface area contributed by atoms with Crippen LogP contribution in [-0.4, -0.2) is 22.8 Å². The Kier molecular flexibility index (Phi) is 3.49. The molecule has 1 saturated heterocycles. The van der Waals surface area contributed by atoms with Gasteiger partial charge in [0.2, 0.25) is 0 Å². The normalized spacial score (nSPS) is 25.4. The lowest BCUT2D eigenvalue weighted by Crippen LogP contribution is -2.18. The first-order valence-electron chi connectivity index (χ1n) is 6.16. The van der Waals surface area contributed by atoms with E-state index in [9.17, 15) is 0 Å². The Balaban J connectivity index is 1.99. The van der Waals surface area contributed by atoms with Crippen LogP contribution in [0.25, 0.3) is 0 Å². The van der Waals surface area contributed by atoms with Gasteiger partial charge in [0.05, 0.1) is 6.10 Å². The first kappa shape index (κ1) is 12.5. The molecule has 5 heteroatoms. The summed E-state index contributed by atoms with van der Waals surface area (Å²) in [5.41, 5.74) is 5.74. The van der Waals surface area contributed by atoms with Gasteiger partial charge in [0, 0.05) is 13.0 Å². The summed E-state index contributed by atoms with van der Waals surface area (Å²) in [6, 6.07) is 0. The quantitative estimate of drug-likeness (QED) is 0.871. The van der Waals surface area contributed by atoms with Crippen molar-refractivity contribution >= 4 is 0 Å². The summed E-state index contributed by atoms with van der Waals surface area (Å²) < 4.78 is 11.0.